The summed E-state index contributed by atoms with van der Waals surface area (Å²) in [5, 5.41) is 13.7. The molecule has 1 fully saturated rings. The highest BCUT2D eigenvalue weighted by molar-refractivity contribution is 4.87. The molecule has 0 bridgehead atoms. The summed E-state index contributed by atoms with van der Waals surface area (Å²) in [5.41, 5.74) is -0.554. The van der Waals surface area contributed by atoms with E-state index in [4.69, 9.17) is 4.74 Å². The van der Waals surface area contributed by atoms with Gasteiger partial charge >= 0.3 is 0 Å². The summed E-state index contributed by atoms with van der Waals surface area (Å²) >= 11 is 0. The number of nitrogens with one attached hydrogen (secondary N) is 1. The minimum absolute atomic E-state index is 0.514. The van der Waals surface area contributed by atoms with Gasteiger partial charge in [-0.3, -0.25) is 0 Å². The van der Waals surface area contributed by atoms with Crippen molar-refractivity contribution in [2.45, 2.75) is 57.6 Å². The van der Waals surface area contributed by atoms with Gasteiger partial charge in [0.05, 0.1) is 12.2 Å². The second kappa shape index (κ2) is 6.46. The third kappa shape index (κ3) is 4.49. The first kappa shape index (κ1) is 12.9. The molecule has 0 aromatic carbocycles. The minimum Gasteiger partial charge on any atom is -0.387 e. The SMILES string of the molecule is CCCOCC1(O)CCC(NCC)CC1. The highest BCUT2D eigenvalue weighted by atomic mass is 16.5. The molecular weight excluding hydrogens is 190 g/mol. The Labute approximate surface area is 93.2 Å². The van der Waals surface area contributed by atoms with E-state index in [0.29, 0.717) is 12.6 Å². The second-order valence-corrected chi connectivity index (χ2v) is 4.61. The molecule has 0 unspecified atom stereocenters. The normalized spacial score (nSPS) is 31.8. The van der Waals surface area contributed by atoms with Crippen LogP contribution in [0.4, 0.5) is 0 Å². The molecule has 0 saturated heterocycles. The summed E-state index contributed by atoms with van der Waals surface area (Å²) in [6.45, 7) is 6.52. The number of aliphatic hydroxyl groups is 1. The van der Waals surface area contributed by atoms with Crippen LogP contribution in [0.25, 0.3) is 0 Å². The van der Waals surface area contributed by atoms with E-state index in [-0.39, 0.29) is 0 Å². The van der Waals surface area contributed by atoms with Gasteiger partial charge in [-0.15, -0.1) is 0 Å². The molecule has 15 heavy (non-hydrogen) atoms. The molecule has 0 spiro atoms. The summed E-state index contributed by atoms with van der Waals surface area (Å²) in [4.78, 5) is 0. The van der Waals surface area contributed by atoms with Crippen molar-refractivity contribution in [3.8, 4) is 0 Å². The zero-order chi connectivity index (χ0) is 11.1. The summed E-state index contributed by atoms with van der Waals surface area (Å²) in [6, 6.07) is 0.599. The molecule has 0 aromatic heterocycles. The molecule has 0 aromatic rings. The second-order valence-electron chi connectivity index (χ2n) is 4.61. The van der Waals surface area contributed by atoms with Crippen LogP contribution >= 0.6 is 0 Å². The van der Waals surface area contributed by atoms with E-state index in [1.54, 1.807) is 0 Å². The Morgan fingerprint density at radius 3 is 2.53 bits per heavy atom. The molecule has 0 heterocycles. The average Bonchev–Trinajstić information content (AvgIpc) is 2.23. The number of hydrogen-bond acceptors (Lipinski definition) is 3. The van der Waals surface area contributed by atoms with Crippen LogP contribution in [0.15, 0.2) is 0 Å². The van der Waals surface area contributed by atoms with Gasteiger partial charge in [0.1, 0.15) is 0 Å². The molecule has 1 aliphatic carbocycles. The van der Waals surface area contributed by atoms with E-state index >= 15 is 0 Å². The van der Waals surface area contributed by atoms with E-state index in [0.717, 1.165) is 45.3 Å². The Bertz CT molecular complexity index is 165. The Kier molecular flexibility index (Phi) is 5.58. The van der Waals surface area contributed by atoms with Crippen LogP contribution in [-0.2, 0) is 4.74 Å². The molecule has 3 nitrogen and oxygen atoms in total. The summed E-state index contributed by atoms with van der Waals surface area (Å²) in [5.74, 6) is 0. The Morgan fingerprint density at radius 2 is 2.00 bits per heavy atom. The lowest BCUT2D eigenvalue weighted by Gasteiger charge is -2.36. The van der Waals surface area contributed by atoms with Crippen LogP contribution in [-0.4, -0.2) is 36.5 Å². The van der Waals surface area contributed by atoms with E-state index in [1.807, 2.05) is 0 Å². The lowest BCUT2D eigenvalue weighted by molar-refractivity contribution is -0.0721. The predicted molar refractivity (Wildman–Crippen MR) is 62.0 cm³/mol. The van der Waals surface area contributed by atoms with Crippen LogP contribution < -0.4 is 5.32 Å². The fourth-order valence-corrected chi connectivity index (χ4v) is 2.20. The highest BCUT2D eigenvalue weighted by Crippen LogP contribution is 2.28. The zero-order valence-electron chi connectivity index (χ0n) is 10.1. The largest absolute Gasteiger partial charge is 0.387 e. The van der Waals surface area contributed by atoms with Crippen LogP contribution in [0.1, 0.15) is 46.0 Å². The van der Waals surface area contributed by atoms with Gasteiger partial charge in [-0.25, -0.2) is 0 Å². The Hall–Kier alpha value is -0.120. The molecule has 1 rings (SSSR count). The minimum atomic E-state index is -0.554. The van der Waals surface area contributed by atoms with Gasteiger partial charge in [-0.05, 0) is 38.6 Å². The van der Waals surface area contributed by atoms with Gasteiger partial charge in [-0.2, -0.15) is 0 Å². The quantitative estimate of drug-likeness (QED) is 0.663. The summed E-state index contributed by atoms with van der Waals surface area (Å²) in [7, 11) is 0. The molecule has 1 saturated carbocycles. The van der Waals surface area contributed by atoms with E-state index < -0.39 is 5.60 Å². The van der Waals surface area contributed by atoms with Crippen molar-refractivity contribution in [3.63, 3.8) is 0 Å². The van der Waals surface area contributed by atoms with Gasteiger partial charge in [-0.1, -0.05) is 13.8 Å². The first-order valence-electron chi connectivity index (χ1n) is 6.23. The van der Waals surface area contributed by atoms with Crippen molar-refractivity contribution in [2.24, 2.45) is 0 Å². The van der Waals surface area contributed by atoms with E-state index in [2.05, 4.69) is 19.2 Å². The topological polar surface area (TPSA) is 41.5 Å². The van der Waals surface area contributed by atoms with E-state index in [1.165, 1.54) is 0 Å². The lowest BCUT2D eigenvalue weighted by atomic mass is 9.83. The van der Waals surface area contributed by atoms with Gasteiger partial charge in [0, 0.05) is 12.6 Å². The zero-order valence-corrected chi connectivity index (χ0v) is 10.1. The fraction of sp³-hybridized carbons (Fsp3) is 1.00. The van der Waals surface area contributed by atoms with E-state index in [9.17, 15) is 5.11 Å². The first-order valence-corrected chi connectivity index (χ1v) is 6.23. The maximum Gasteiger partial charge on any atom is 0.0881 e. The molecule has 0 radical (unpaired) electrons. The smallest absolute Gasteiger partial charge is 0.0881 e. The molecule has 1 aliphatic rings. The summed E-state index contributed by atoms with van der Waals surface area (Å²) < 4.78 is 5.45. The van der Waals surface area contributed by atoms with Crippen molar-refractivity contribution < 1.29 is 9.84 Å². The molecule has 90 valence electrons. The van der Waals surface area contributed by atoms with Crippen molar-refractivity contribution in [2.75, 3.05) is 19.8 Å². The Morgan fingerprint density at radius 1 is 1.33 bits per heavy atom. The number of hydrogen-bond donors (Lipinski definition) is 2. The predicted octanol–water partition coefficient (Wildman–Crippen LogP) is 1.70. The standard InChI is InChI=1S/C12H25NO2/c1-3-9-15-10-12(14)7-5-11(6-8-12)13-4-2/h11,13-14H,3-10H2,1-2H3. The Balaban J connectivity index is 2.21. The lowest BCUT2D eigenvalue weighted by Crippen LogP contribution is -2.44. The molecular formula is C12H25NO2. The van der Waals surface area contributed by atoms with Gasteiger partial charge in [0.15, 0.2) is 0 Å². The van der Waals surface area contributed by atoms with Crippen LogP contribution in [0.5, 0.6) is 0 Å². The molecule has 2 N–H and O–H groups in total. The van der Waals surface area contributed by atoms with Crippen molar-refractivity contribution in [1.82, 2.24) is 5.32 Å². The van der Waals surface area contributed by atoms with Crippen molar-refractivity contribution >= 4 is 0 Å². The summed E-state index contributed by atoms with van der Waals surface area (Å²) in [6.07, 6.45) is 4.90. The number of rotatable bonds is 6. The highest BCUT2D eigenvalue weighted by Gasteiger charge is 2.32. The molecule has 0 atom stereocenters. The molecule has 0 aliphatic heterocycles. The maximum absolute atomic E-state index is 10.2. The fourth-order valence-electron chi connectivity index (χ4n) is 2.20. The van der Waals surface area contributed by atoms with Crippen LogP contribution in [0, 0.1) is 0 Å². The maximum atomic E-state index is 10.2. The first-order chi connectivity index (χ1) is 7.20. The third-order valence-electron chi connectivity index (χ3n) is 3.13. The van der Waals surface area contributed by atoms with Gasteiger partial charge in [0.25, 0.3) is 0 Å². The number of ether oxygens (including phenoxy) is 1. The van der Waals surface area contributed by atoms with Gasteiger partial charge < -0.3 is 15.2 Å². The molecule has 0 amide bonds. The van der Waals surface area contributed by atoms with Crippen molar-refractivity contribution in [1.29, 1.82) is 0 Å². The third-order valence-corrected chi connectivity index (χ3v) is 3.13. The van der Waals surface area contributed by atoms with Crippen LogP contribution in [0.3, 0.4) is 0 Å². The van der Waals surface area contributed by atoms with Gasteiger partial charge in [0.2, 0.25) is 0 Å². The molecule has 3 heteroatoms. The average molecular weight is 215 g/mol. The van der Waals surface area contributed by atoms with Crippen LogP contribution in [0.2, 0.25) is 0 Å². The monoisotopic (exact) mass is 215 g/mol. The van der Waals surface area contributed by atoms with Crippen molar-refractivity contribution in [3.05, 3.63) is 0 Å².